The molecule has 2 rings (SSSR count). The van der Waals surface area contributed by atoms with E-state index in [1.54, 1.807) is 6.08 Å². The van der Waals surface area contributed by atoms with Gasteiger partial charge in [0.05, 0.1) is 0 Å². The molecule has 5 heteroatoms. The molecule has 1 aromatic rings. The Labute approximate surface area is 91.3 Å². The second kappa shape index (κ2) is 3.61. The molecule has 0 spiro atoms. The monoisotopic (exact) mass is 223 g/mol. The zero-order valence-electron chi connectivity index (χ0n) is 8.53. The highest BCUT2D eigenvalue weighted by molar-refractivity contribution is 5.82. The summed E-state index contributed by atoms with van der Waals surface area (Å²) in [6.07, 6.45) is 3.03. The summed E-state index contributed by atoms with van der Waals surface area (Å²) in [6, 6.07) is 3.87. The maximum Gasteiger partial charge on any atom is 0.362 e. The standard InChI is InChI=1S/C11H10FNO3/c1-16-11(10(14)15)9-3-2-8(12)6-7(9)4-5-13-11/h2-6,13H,1H3,(H,14,15). The van der Waals surface area contributed by atoms with Crippen LogP contribution in [0.3, 0.4) is 0 Å². The molecule has 0 saturated carbocycles. The van der Waals surface area contributed by atoms with Crippen molar-refractivity contribution in [3.05, 3.63) is 41.3 Å². The van der Waals surface area contributed by atoms with E-state index < -0.39 is 17.5 Å². The predicted molar refractivity (Wildman–Crippen MR) is 54.9 cm³/mol. The quantitative estimate of drug-likeness (QED) is 0.793. The van der Waals surface area contributed by atoms with Gasteiger partial charge in [-0.05, 0) is 23.8 Å². The molecule has 1 aromatic carbocycles. The van der Waals surface area contributed by atoms with Crippen LogP contribution in [0.2, 0.25) is 0 Å². The first kappa shape index (κ1) is 10.6. The second-order valence-electron chi connectivity index (χ2n) is 3.40. The summed E-state index contributed by atoms with van der Waals surface area (Å²) in [5, 5.41) is 11.8. The van der Waals surface area contributed by atoms with E-state index in [0.29, 0.717) is 11.1 Å². The van der Waals surface area contributed by atoms with Crippen LogP contribution in [0.4, 0.5) is 4.39 Å². The van der Waals surface area contributed by atoms with Crippen LogP contribution >= 0.6 is 0 Å². The van der Waals surface area contributed by atoms with Gasteiger partial charge in [-0.1, -0.05) is 6.07 Å². The van der Waals surface area contributed by atoms with Gasteiger partial charge in [0.1, 0.15) is 5.82 Å². The molecule has 0 aliphatic carbocycles. The highest BCUT2D eigenvalue weighted by atomic mass is 19.1. The molecule has 1 aliphatic heterocycles. The third kappa shape index (κ3) is 1.37. The SMILES string of the molecule is COC1(C(=O)O)NC=Cc2cc(F)ccc21. The lowest BCUT2D eigenvalue weighted by atomic mass is 9.94. The van der Waals surface area contributed by atoms with Crippen molar-refractivity contribution < 1.29 is 19.0 Å². The lowest BCUT2D eigenvalue weighted by molar-refractivity contribution is -0.167. The van der Waals surface area contributed by atoms with Crippen LogP contribution in [-0.2, 0) is 15.3 Å². The molecule has 4 nitrogen and oxygen atoms in total. The Bertz CT molecular complexity index is 472. The van der Waals surface area contributed by atoms with Gasteiger partial charge in [0.15, 0.2) is 0 Å². The van der Waals surface area contributed by atoms with E-state index in [0.717, 1.165) is 0 Å². The summed E-state index contributed by atoms with van der Waals surface area (Å²) >= 11 is 0. The Morgan fingerprint density at radius 2 is 2.31 bits per heavy atom. The first-order valence-corrected chi connectivity index (χ1v) is 4.63. The summed E-state index contributed by atoms with van der Waals surface area (Å²) in [6.45, 7) is 0. The number of carboxylic acid groups (broad SMARTS) is 1. The number of fused-ring (bicyclic) bond motifs is 1. The number of carboxylic acids is 1. The number of benzene rings is 1. The lowest BCUT2D eigenvalue weighted by Gasteiger charge is -2.32. The van der Waals surface area contributed by atoms with Crippen LogP contribution < -0.4 is 5.32 Å². The summed E-state index contributed by atoms with van der Waals surface area (Å²) in [7, 11) is 1.29. The maximum atomic E-state index is 13.0. The zero-order chi connectivity index (χ0) is 11.8. The van der Waals surface area contributed by atoms with Gasteiger partial charge in [-0.25, -0.2) is 9.18 Å². The van der Waals surface area contributed by atoms with E-state index in [2.05, 4.69) is 5.32 Å². The molecule has 1 unspecified atom stereocenters. The fraction of sp³-hybridized carbons (Fsp3) is 0.182. The van der Waals surface area contributed by atoms with Gasteiger partial charge < -0.3 is 15.2 Å². The molecular weight excluding hydrogens is 213 g/mol. The molecule has 84 valence electrons. The van der Waals surface area contributed by atoms with Crippen molar-refractivity contribution in [1.82, 2.24) is 5.32 Å². The molecule has 0 radical (unpaired) electrons. The Hall–Kier alpha value is -1.88. The smallest absolute Gasteiger partial charge is 0.362 e. The van der Waals surface area contributed by atoms with Gasteiger partial charge in [-0.3, -0.25) is 0 Å². The summed E-state index contributed by atoms with van der Waals surface area (Å²) in [4.78, 5) is 11.2. The number of hydrogen-bond acceptors (Lipinski definition) is 3. The van der Waals surface area contributed by atoms with E-state index in [9.17, 15) is 14.3 Å². The number of nitrogens with one attached hydrogen (secondary N) is 1. The molecule has 1 heterocycles. The van der Waals surface area contributed by atoms with Crippen molar-refractivity contribution in [3.63, 3.8) is 0 Å². The topological polar surface area (TPSA) is 58.6 Å². The first-order valence-electron chi connectivity index (χ1n) is 4.63. The number of methoxy groups -OCH3 is 1. The van der Waals surface area contributed by atoms with Crippen LogP contribution in [0.5, 0.6) is 0 Å². The summed E-state index contributed by atoms with van der Waals surface area (Å²) in [5.41, 5.74) is -0.771. The van der Waals surface area contributed by atoms with Gasteiger partial charge in [0.25, 0.3) is 5.72 Å². The van der Waals surface area contributed by atoms with Crippen molar-refractivity contribution in [2.45, 2.75) is 5.72 Å². The lowest BCUT2D eigenvalue weighted by Crippen LogP contribution is -2.50. The normalized spacial score (nSPS) is 22.4. The van der Waals surface area contributed by atoms with Gasteiger partial charge in [0, 0.05) is 18.9 Å². The average molecular weight is 223 g/mol. The minimum absolute atomic E-state index is 0.381. The van der Waals surface area contributed by atoms with Gasteiger partial charge in [0.2, 0.25) is 0 Å². The Morgan fingerprint density at radius 1 is 1.56 bits per heavy atom. The third-order valence-electron chi connectivity index (χ3n) is 2.55. The Morgan fingerprint density at radius 3 is 2.94 bits per heavy atom. The number of carbonyl (C=O) groups is 1. The van der Waals surface area contributed by atoms with E-state index in [4.69, 9.17) is 4.74 Å². The molecule has 16 heavy (non-hydrogen) atoms. The molecule has 2 N–H and O–H groups in total. The fourth-order valence-corrected chi connectivity index (χ4v) is 1.75. The molecule has 0 amide bonds. The van der Waals surface area contributed by atoms with E-state index in [1.165, 1.54) is 31.5 Å². The number of halogens is 1. The van der Waals surface area contributed by atoms with Crippen molar-refractivity contribution in [2.75, 3.05) is 7.11 Å². The van der Waals surface area contributed by atoms with Gasteiger partial charge in [-0.15, -0.1) is 0 Å². The van der Waals surface area contributed by atoms with Crippen LogP contribution in [0.15, 0.2) is 24.4 Å². The summed E-state index contributed by atoms with van der Waals surface area (Å²) in [5.74, 6) is -1.59. The molecule has 0 aromatic heterocycles. The molecular formula is C11H10FNO3. The van der Waals surface area contributed by atoms with E-state index >= 15 is 0 Å². The van der Waals surface area contributed by atoms with E-state index in [1.807, 2.05) is 0 Å². The predicted octanol–water partition coefficient (Wildman–Crippen LogP) is 1.28. The van der Waals surface area contributed by atoms with Crippen molar-refractivity contribution >= 4 is 12.0 Å². The molecule has 0 bridgehead atoms. The summed E-state index contributed by atoms with van der Waals surface area (Å²) < 4.78 is 18.0. The molecule has 1 aliphatic rings. The first-order chi connectivity index (χ1) is 7.60. The second-order valence-corrected chi connectivity index (χ2v) is 3.40. The van der Waals surface area contributed by atoms with Crippen molar-refractivity contribution in [2.24, 2.45) is 0 Å². The number of aliphatic carboxylic acids is 1. The Kier molecular flexibility index (Phi) is 2.40. The minimum Gasteiger partial charge on any atom is -0.477 e. The Balaban J connectivity index is 2.63. The van der Waals surface area contributed by atoms with Gasteiger partial charge in [-0.2, -0.15) is 0 Å². The van der Waals surface area contributed by atoms with Gasteiger partial charge >= 0.3 is 5.97 Å². The number of rotatable bonds is 2. The molecule has 1 atom stereocenters. The highest BCUT2D eigenvalue weighted by Crippen LogP contribution is 2.30. The molecule has 0 saturated heterocycles. The number of ether oxygens (including phenoxy) is 1. The maximum absolute atomic E-state index is 13.0. The molecule has 0 fully saturated rings. The van der Waals surface area contributed by atoms with Crippen LogP contribution in [0, 0.1) is 5.82 Å². The number of hydrogen-bond donors (Lipinski definition) is 2. The van der Waals surface area contributed by atoms with Crippen molar-refractivity contribution in [1.29, 1.82) is 0 Å². The highest BCUT2D eigenvalue weighted by Gasteiger charge is 2.43. The zero-order valence-corrected chi connectivity index (χ0v) is 8.53. The van der Waals surface area contributed by atoms with Crippen LogP contribution in [0.1, 0.15) is 11.1 Å². The largest absolute Gasteiger partial charge is 0.477 e. The average Bonchev–Trinajstić information content (AvgIpc) is 2.27. The van der Waals surface area contributed by atoms with Crippen LogP contribution in [0.25, 0.3) is 6.08 Å². The van der Waals surface area contributed by atoms with E-state index in [-0.39, 0.29) is 0 Å². The van der Waals surface area contributed by atoms with Crippen molar-refractivity contribution in [3.8, 4) is 0 Å². The fourth-order valence-electron chi connectivity index (χ4n) is 1.75. The minimum atomic E-state index is -1.64. The van der Waals surface area contributed by atoms with Crippen LogP contribution in [-0.4, -0.2) is 18.2 Å². The third-order valence-corrected chi connectivity index (χ3v) is 2.55.